The van der Waals surface area contributed by atoms with Crippen molar-refractivity contribution in [2.24, 2.45) is 5.73 Å². The minimum atomic E-state index is -0.0521. The second-order valence-corrected chi connectivity index (χ2v) is 5.13. The van der Waals surface area contributed by atoms with Gasteiger partial charge in [-0.25, -0.2) is 4.68 Å². The molecular formula is C13H15N5O2. The van der Waals surface area contributed by atoms with Gasteiger partial charge >= 0.3 is 0 Å². The van der Waals surface area contributed by atoms with E-state index in [1.165, 1.54) is 0 Å². The molecule has 0 radical (unpaired) electrons. The maximum Gasteiger partial charge on any atom is 0.131 e. The van der Waals surface area contributed by atoms with Crippen molar-refractivity contribution in [2.75, 3.05) is 13.2 Å². The molecule has 4 atom stereocenters. The van der Waals surface area contributed by atoms with Crippen molar-refractivity contribution < 1.29 is 9.47 Å². The van der Waals surface area contributed by atoms with Crippen LogP contribution in [0, 0.1) is 0 Å². The molecule has 2 fully saturated rings. The number of hydrogen-bond donors (Lipinski definition) is 1. The summed E-state index contributed by atoms with van der Waals surface area (Å²) in [5.74, 6) is 0. The summed E-state index contributed by atoms with van der Waals surface area (Å²) in [5.41, 5.74) is 7.50. The van der Waals surface area contributed by atoms with Crippen molar-refractivity contribution in [3.05, 3.63) is 30.6 Å². The van der Waals surface area contributed by atoms with Crippen LogP contribution >= 0.6 is 0 Å². The Hall–Kier alpha value is -1.83. The molecule has 0 aromatic carbocycles. The van der Waals surface area contributed by atoms with Gasteiger partial charge in [-0.3, -0.25) is 4.98 Å². The SMILES string of the molecule is NC1COC2C1OCC2n1cc(-c2ccccn2)nn1. The minimum Gasteiger partial charge on any atom is -0.371 e. The molecule has 4 rings (SSSR count). The van der Waals surface area contributed by atoms with E-state index in [1.54, 1.807) is 10.9 Å². The van der Waals surface area contributed by atoms with E-state index in [4.69, 9.17) is 15.2 Å². The molecule has 104 valence electrons. The highest BCUT2D eigenvalue weighted by molar-refractivity contribution is 5.51. The van der Waals surface area contributed by atoms with Crippen molar-refractivity contribution in [3.63, 3.8) is 0 Å². The second kappa shape index (κ2) is 4.62. The molecule has 7 heteroatoms. The Kier molecular flexibility index (Phi) is 2.76. The van der Waals surface area contributed by atoms with Gasteiger partial charge in [0.05, 0.1) is 31.1 Å². The molecule has 4 heterocycles. The molecule has 2 aromatic heterocycles. The summed E-state index contributed by atoms with van der Waals surface area (Å²) in [6.07, 6.45) is 3.54. The topological polar surface area (TPSA) is 88.1 Å². The van der Waals surface area contributed by atoms with Crippen LogP contribution in [0.5, 0.6) is 0 Å². The number of rotatable bonds is 2. The average Bonchev–Trinajstić information content (AvgIpc) is 3.18. The summed E-state index contributed by atoms with van der Waals surface area (Å²) < 4.78 is 13.2. The van der Waals surface area contributed by atoms with Crippen LogP contribution in [0.25, 0.3) is 11.4 Å². The van der Waals surface area contributed by atoms with Gasteiger partial charge in [0.15, 0.2) is 0 Å². The van der Waals surface area contributed by atoms with Gasteiger partial charge < -0.3 is 15.2 Å². The highest BCUT2D eigenvalue weighted by Gasteiger charge is 2.47. The van der Waals surface area contributed by atoms with E-state index < -0.39 is 0 Å². The van der Waals surface area contributed by atoms with E-state index in [-0.39, 0.29) is 24.3 Å². The van der Waals surface area contributed by atoms with Crippen molar-refractivity contribution in [3.8, 4) is 11.4 Å². The molecule has 0 amide bonds. The molecule has 2 aliphatic heterocycles. The van der Waals surface area contributed by atoms with Crippen LogP contribution in [0.3, 0.4) is 0 Å². The summed E-state index contributed by atoms with van der Waals surface area (Å²) >= 11 is 0. The largest absolute Gasteiger partial charge is 0.371 e. The Labute approximate surface area is 115 Å². The van der Waals surface area contributed by atoms with Gasteiger partial charge in [0.1, 0.15) is 23.9 Å². The predicted molar refractivity (Wildman–Crippen MR) is 69.7 cm³/mol. The van der Waals surface area contributed by atoms with Gasteiger partial charge in [-0.1, -0.05) is 11.3 Å². The summed E-state index contributed by atoms with van der Waals surface area (Å²) in [5, 5.41) is 8.36. The standard InChI is InChI=1S/C13H15N5O2/c14-8-6-19-13-11(7-20-12(8)13)18-5-10(16-17-18)9-3-1-2-4-15-9/h1-5,8,11-13H,6-7,14H2. The smallest absolute Gasteiger partial charge is 0.131 e. The first kappa shape index (κ1) is 12.0. The fourth-order valence-electron chi connectivity index (χ4n) is 2.81. The van der Waals surface area contributed by atoms with Gasteiger partial charge in [0.25, 0.3) is 0 Å². The normalized spacial score (nSPS) is 32.5. The van der Waals surface area contributed by atoms with E-state index in [0.29, 0.717) is 13.2 Å². The van der Waals surface area contributed by atoms with E-state index in [9.17, 15) is 0 Å². The van der Waals surface area contributed by atoms with Gasteiger partial charge in [-0.2, -0.15) is 0 Å². The van der Waals surface area contributed by atoms with Crippen LogP contribution in [0.4, 0.5) is 0 Å². The quantitative estimate of drug-likeness (QED) is 0.829. The molecule has 0 spiro atoms. The molecule has 2 saturated heterocycles. The van der Waals surface area contributed by atoms with Crippen LogP contribution in [0.1, 0.15) is 6.04 Å². The number of aromatic nitrogens is 4. The Morgan fingerprint density at radius 2 is 2.05 bits per heavy atom. The zero-order chi connectivity index (χ0) is 13.5. The number of fused-ring (bicyclic) bond motifs is 1. The molecule has 0 bridgehead atoms. The molecule has 20 heavy (non-hydrogen) atoms. The van der Waals surface area contributed by atoms with E-state index in [1.807, 2.05) is 24.4 Å². The Bertz CT molecular complexity index is 602. The van der Waals surface area contributed by atoms with Gasteiger partial charge in [0, 0.05) is 6.20 Å². The monoisotopic (exact) mass is 273 g/mol. The third-order valence-corrected chi connectivity index (χ3v) is 3.84. The van der Waals surface area contributed by atoms with Crippen LogP contribution in [-0.4, -0.2) is 51.4 Å². The lowest BCUT2D eigenvalue weighted by atomic mass is 10.1. The molecule has 2 aliphatic rings. The van der Waals surface area contributed by atoms with E-state index in [2.05, 4.69) is 15.3 Å². The third kappa shape index (κ3) is 1.82. The number of pyridine rings is 1. The lowest BCUT2D eigenvalue weighted by molar-refractivity contribution is 0.0627. The van der Waals surface area contributed by atoms with Crippen LogP contribution in [0.2, 0.25) is 0 Å². The lowest BCUT2D eigenvalue weighted by Crippen LogP contribution is -2.36. The molecule has 4 unspecified atom stereocenters. The van der Waals surface area contributed by atoms with E-state index in [0.717, 1.165) is 11.4 Å². The highest BCUT2D eigenvalue weighted by Crippen LogP contribution is 2.33. The minimum absolute atomic E-state index is 0.0264. The first-order chi connectivity index (χ1) is 9.83. The lowest BCUT2D eigenvalue weighted by Gasteiger charge is -2.15. The molecular weight excluding hydrogens is 258 g/mol. The molecule has 0 aliphatic carbocycles. The fourth-order valence-corrected chi connectivity index (χ4v) is 2.81. The van der Waals surface area contributed by atoms with Crippen LogP contribution in [0.15, 0.2) is 30.6 Å². The molecule has 2 aromatic rings. The Morgan fingerprint density at radius 1 is 1.15 bits per heavy atom. The van der Waals surface area contributed by atoms with Gasteiger partial charge in [-0.05, 0) is 12.1 Å². The summed E-state index contributed by atoms with van der Waals surface area (Å²) in [6.45, 7) is 1.09. The highest BCUT2D eigenvalue weighted by atomic mass is 16.6. The van der Waals surface area contributed by atoms with Crippen molar-refractivity contribution in [2.45, 2.75) is 24.3 Å². The maximum absolute atomic E-state index is 5.95. The number of hydrogen-bond acceptors (Lipinski definition) is 6. The zero-order valence-corrected chi connectivity index (χ0v) is 10.8. The Balaban J connectivity index is 1.60. The Morgan fingerprint density at radius 3 is 2.90 bits per heavy atom. The van der Waals surface area contributed by atoms with Crippen LogP contribution in [-0.2, 0) is 9.47 Å². The average molecular weight is 273 g/mol. The number of nitrogens with zero attached hydrogens (tertiary/aromatic N) is 4. The van der Waals surface area contributed by atoms with Crippen LogP contribution < -0.4 is 5.73 Å². The summed E-state index contributed by atoms with van der Waals surface area (Å²) in [6, 6.07) is 5.68. The molecule has 2 N–H and O–H groups in total. The van der Waals surface area contributed by atoms with Gasteiger partial charge in [-0.15, -0.1) is 5.10 Å². The molecule has 7 nitrogen and oxygen atoms in total. The number of nitrogens with two attached hydrogens (primary N) is 1. The molecule has 0 saturated carbocycles. The first-order valence-corrected chi connectivity index (χ1v) is 6.65. The maximum atomic E-state index is 5.95. The zero-order valence-electron chi connectivity index (χ0n) is 10.8. The van der Waals surface area contributed by atoms with Crippen molar-refractivity contribution in [1.82, 2.24) is 20.0 Å². The third-order valence-electron chi connectivity index (χ3n) is 3.84. The van der Waals surface area contributed by atoms with E-state index >= 15 is 0 Å². The van der Waals surface area contributed by atoms with Crippen molar-refractivity contribution >= 4 is 0 Å². The fraction of sp³-hybridized carbons (Fsp3) is 0.462. The number of ether oxygens (including phenoxy) is 2. The summed E-state index contributed by atoms with van der Waals surface area (Å²) in [4.78, 5) is 4.27. The second-order valence-electron chi connectivity index (χ2n) is 5.13. The van der Waals surface area contributed by atoms with Crippen molar-refractivity contribution in [1.29, 1.82) is 0 Å². The first-order valence-electron chi connectivity index (χ1n) is 6.65. The van der Waals surface area contributed by atoms with Gasteiger partial charge in [0.2, 0.25) is 0 Å². The summed E-state index contributed by atoms with van der Waals surface area (Å²) in [7, 11) is 0. The predicted octanol–water partition coefficient (Wildman–Crippen LogP) is 0.00610.